The van der Waals surface area contributed by atoms with Crippen molar-refractivity contribution in [1.82, 2.24) is 5.32 Å². The van der Waals surface area contributed by atoms with Gasteiger partial charge in [-0.2, -0.15) is 0 Å². The van der Waals surface area contributed by atoms with Crippen molar-refractivity contribution < 1.29 is 14.3 Å². The summed E-state index contributed by atoms with van der Waals surface area (Å²) >= 11 is 0. The summed E-state index contributed by atoms with van der Waals surface area (Å²) in [7, 11) is 0. The van der Waals surface area contributed by atoms with Crippen LogP contribution >= 0.6 is 0 Å². The van der Waals surface area contributed by atoms with Crippen LogP contribution in [0.4, 0.5) is 5.69 Å². The maximum atomic E-state index is 12.2. The number of anilines is 1. The van der Waals surface area contributed by atoms with Crippen LogP contribution < -0.4 is 21.1 Å². The van der Waals surface area contributed by atoms with Crippen LogP contribution in [0.5, 0.6) is 5.75 Å². The number of hydrogen-bond acceptors (Lipinski definition) is 4. The monoisotopic (exact) mass is 277 g/mol. The van der Waals surface area contributed by atoms with Crippen molar-refractivity contribution >= 4 is 17.5 Å². The van der Waals surface area contributed by atoms with Gasteiger partial charge in [-0.1, -0.05) is 13.0 Å². The Morgan fingerprint density at radius 1 is 1.55 bits per heavy atom. The van der Waals surface area contributed by atoms with Gasteiger partial charge in [-0.05, 0) is 31.5 Å². The molecule has 2 amide bonds. The quantitative estimate of drug-likeness (QED) is 0.756. The summed E-state index contributed by atoms with van der Waals surface area (Å²) < 4.78 is 5.53. The summed E-state index contributed by atoms with van der Waals surface area (Å²) in [6.07, 6.45) is -0.612. The fraction of sp³-hybridized carbons (Fsp3) is 0.429. The first-order valence-electron chi connectivity index (χ1n) is 6.61. The Kier molecular flexibility index (Phi) is 4.24. The molecular weight excluding hydrogens is 258 g/mol. The molecule has 0 spiro atoms. The third-order valence-corrected chi connectivity index (χ3v) is 3.19. The van der Waals surface area contributed by atoms with Crippen molar-refractivity contribution in [3.05, 3.63) is 23.8 Å². The Morgan fingerprint density at radius 3 is 3.00 bits per heavy atom. The molecule has 4 N–H and O–H groups in total. The molecular formula is C14H19N3O3. The van der Waals surface area contributed by atoms with Gasteiger partial charge in [0.25, 0.3) is 11.8 Å². The molecule has 0 aromatic heterocycles. The molecule has 1 heterocycles. The number of amides is 2. The Morgan fingerprint density at radius 2 is 2.30 bits per heavy atom. The number of para-hydroxylation sites is 1. The van der Waals surface area contributed by atoms with Crippen molar-refractivity contribution in [2.24, 2.45) is 11.7 Å². The summed E-state index contributed by atoms with van der Waals surface area (Å²) in [4.78, 5) is 23.7. The molecule has 1 aromatic carbocycles. The summed E-state index contributed by atoms with van der Waals surface area (Å²) in [5.41, 5.74) is 6.45. The van der Waals surface area contributed by atoms with Gasteiger partial charge in [0.15, 0.2) is 11.9 Å². The third kappa shape index (κ3) is 2.91. The topological polar surface area (TPSA) is 93.4 Å². The van der Waals surface area contributed by atoms with Gasteiger partial charge in [-0.15, -0.1) is 0 Å². The largest absolute Gasteiger partial charge is 0.478 e. The number of nitrogens with one attached hydrogen (secondary N) is 2. The second kappa shape index (κ2) is 5.92. The molecule has 1 aromatic rings. The van der Waals surface area contributed by atoms with E-state index >= 15 is 0 Å². The van der Waals surface area contributed by atoms with Gasteiger partial charge >= 0.3 is 0 Å². The number of carbonyl (C=O) groups excluding carboxylic acids is 2. The minimum atomic E-state index is -0.612. The van der Waals surface area contributed by atoms with Crippen LogP contribution in [0, 0.1) is 5.92 Å². The van der Waals surface area contributed by atoms with Crippen LogP contribution in [0.3, 0.4) is 0 Å². The average molecular weight is 277 g/mol. The van der Waals surface area contributed by atoms with E-state index in [1.54, 1.807) is 25.1 Å². The Labute approximate surface area is 117 Å². The van der Waals surface area contributed by atoms with Crippen molar-refractivity contribution in [1.29, 1.82) is 0 Å². The van der Waals surface area contributed by atoms with E-state index in [2.05, 4.69) is 10.6 Å². The third-order valence-electron chi connectivity index (χ3n) is 3.19. The number of fused-ring (bicyclic) bond motifs is 1. The molecule has 2 rings (SSSR count). The number of carbonyl (C=O) groups is 2. The van der Waals surface area contributed by atoms with Gasteiger partial charge in [0.2, 0.25) is 0 Å². The van der Waals surface area contributed by atoms with Crippen LogP contribution in [-0.2, 0) is 4.79 Å². The van der Waals surface area contributed by atoms with Crippen LogP contribution in [0.1, 0.15) is 24.2 Å². The fourth-order valence-corrected chi connectivity index (χ4v) is 1.85. The normalized spacial score (nSPS) is 18.6. The lowest BCUT2D eigenvalue weighted by atomic mass is 10.1. The molecule has 0 bridgehead atoms. The molecule has 2 unspecified atom stereocenters. The fourth-order valence-electron chi connectivity index (χ4n) is 1.85. The van der Waals surface area contributed by atoms with E-state index in [0.29, 0.717) is 30.1 Å². The van der Waals surface area contributed by atoms with Crippen molar-refractivity contribution in [3.63, 3.8) is 0 Å². The zero-order valence-corrected chi connectivity index (χ0v) is 11.6. The molecule has 6 nitrogen and oxygen atoms in total. The summed E-state index contributed by atoms with van der Waals surface area (Å²) in [6.45, 7) is 4.61. The van der Waals surface area contributed by atoms with E-state index in [-0.39, 0.29) is 17.7 Å². The molecule has 0 radical (unpaired) electrons. The van der Waals surface area contributed by atoms with Crippen LogP contribution in [0.15, 0.2) is 18.2 Å². The minimum absolute atomic E-state index is 0.207. The number of ether oxygens (including phenoxy) is 1. The maximum Gasteiger partial charge on any atom is 0.265 e. The molecule has 108 valence electrons. The van der Waals surface area contributed by atoms with Crippen molar-refractivity contribution in [2.45, 2.75) is 20.0 Å². The highest BCUT2D eigenvalue weighted by Crippen LogP contribution is 2.33. The molecule has 0 saturated carbocycles. The standard InChI is InChI=1S/C14H19N3O3/c1-8(6-15)7-16-14(19)10-4-3-5-11-12(10)20-9(2)13(18)17-11/h3-5,8-9H,6-7,15H2,1-2H3,(H,16,19)(H,17,18). The van der Waals surface area contributed by atoms with Crippen molar-refractivity contribution in [2.75, 3.05) is 18.4 Å². The lowest BCUT2D eigenvalue weighted by molar-refractivity contribution is -0.122. The molecule has 0 saturated heterocycles. The van der Waals surface area contributed by atoms with E-state index in [1.807, 2.05) is 6.92 Å². The first kappa shape index (κ1) is 14.3. The lowest BCUT2D eigenvalue weighted by Crippen LogP contribution is -2.36. The van der Waals surface area contributed by atoms with E-state index in [4.69, 9.17) is 10.5 Å². The molecule has 0 fully saturated rings. The Balaban J connectivity index is 2.19. The highest BCUT2D eigenvalue weighted by Gasteiger charge is 2.27. The van der Waals surface area contributed by atoms with E-state index in [0.717, 1.165) is 0 Å². The highest BCUT2D eigenvalue weighted by molar-refractivity contribution is 6.03. The molecule has 20 heavy (non-hydrogen) atoms. The number of nitrogens with two attached hydrogens (primary N) is 1. The summed E-state index contributed by atoms with van der Waals surface area (Å²) in [6, 6.07) is 5.09. The van der Waals surface area contributed by atoms with Gasteiger partial charge in [0.1, 0.15) is 0 Å². The molecule has 1 aliphatic heterocycles. The van der Waals surface area contributed by atoms with Gasteiger partial charge in [0.05, 0.1) is 11.3 Å². The number of benzene rings is 1. The minimum Gasteiger partial charge on any atom is -0.478 e. The molecule has 0 aliphatic carbocycles. The van der Waals surface area contributed by atoms with E-state index < -0.39 is 6.10 Å². The van der Waals surface area contributed by atoms with Crippen LogP contribution in [-0.4, -0.2) is 31.0 Å². The van der Waals surface area contributed by atoms with Crippen molar-refractivity contribution in [3.8, 4) is 5.75 Å². The van der Waals surface area contributed by atoms with Gasteiger partial charge < -0.3 is 21.1 Å². The molecule has 1 aliphatic rings. The van der Waals surface area contributed by atoms with Crippen LogP contribution in [0.25, 0.3) is 0 Å². The first-order chi connectivity index (χ1) is 9.52. The smallest absolute Gasteiger partial charge is 0.265 e. The maximum absolute atomic E-state index is 12.2. The SMILES string of the molecule is CC(CN)CNC(=O)c1cccc2c1OC(C)C(=O)N2. The zero-order valence-electron chi connectivity index (χ0n) is 11.6. The Hall–Kier alpha value is -2.08. The Bertz CT molecular complexity index is 530. The molecule has 2 atom stereocenters. The van der Waals surface area contributed by atoms with Crippen LogP contribution in [0.2, 0.25) is 0 Å². The number of hydrogen-bond donors (Lipinski definition) is 3. The zero-order chi connectivity index (χ0) is 14.7. The molecule has 6 heteroatoms. The predicted octanol–water partition coefficient (Wildman–Crippen LogP) is 0.731. The van der Waals surface area contributed by atoms with E-state index in [1.165, 1.54) is 0 Å². The van der Waals surface area contributed by atoms with Gasteiger partial charge in [0, 0.05) is 6.54 Å². The second-order valence-corrected chi connectivity index (χ2v) is 4.98. The first-order valence-corrected chi connectivity index (χ1v) is 6.61. The highest BCUT2D eigenvalue weighted by atomic mass is 16.5. The summed E-state index contributed by atoms with van der Waals surface area (Å²) in [5.74, 6) is 0.174. The average Bonchev–Trinajstić information content (AvgIpc) is 2.45. The lowest BCUT2D eigenvalue weighted by Gasteiger charge is -2.25. The number of rotatable bonds is 4. The van der Waals surface area contributed by atoms with Gasteiger partial charge in [-0.3, -0.25) is 9.59 Å². The van der Waals surface area contributed by atoms with Gasteiger partial charge in [-0.25, -0.2) is 0 Å². The summed E-state index contributed by atoms with van der Waals surface area (Å²) in [5, 5.41) is 5.53. The predicted molar refractivity (Wildman–Crippen MR) is 75.7 cm³/mol. The second-order valence-electron chi connectivity index (χ2n) is 4.98. The van der Waals surface area contributed by atoms with E-state index in [9.17, 15) is 9.59 Å².